The Morgan fingerprint density at radius 2 is 1.91 bits per heavy atom. The minimum atomic E-state index is -0.596. The number of amides is 1. The van der Waals surface area contributed by atoms with Crippen molar-refractivity contribution in [1.29, 1.82) is 0 Å². The third kappa shape index (κ3) is 4.41. The van der Waals surface area contributed by atoms with Crippen molar-refractivity contribution < 1.29 is 13.6 Å². The summed E-state index contributed by atoms with van der Waals surface area (Å²) >= 11 is 0. The zero-order valence-electron chi connectivity index (χ0n) is 12.2. The summed E-state index contributed by atoms with van der Waals surface area (Å²) in [6.07, 6.45) is 3.25. The predicted octanol–water partition coefficient (Wildman–Crippen LogP) is 1.98. The zero-order chi connectivity index (χ0) is 16.1. The number of benzene rings is 1. The van der Waals surface area contributed by atoms with Gasteiger partial charge in [0.2, 0.25) is 5.91 Å². The van der Waals surface area contributed by atoms with Crippen LogP contribution in [0.15, 0.2) is 23.2 Å². The number of guanidine groups is 1. The normalized spacial score (nSPS) is 22.4. The first kappa shape index (κ1) is 16.2. The van der Waals surface area contributed by atoms with Crippen LogP contribution >= 0.6 is 0 Å². The van der Waals surface area contributed by atoms with Crippen molar-refractivity contribution in [2.75, 3.05) is 11.9 Å². The van der Waals surface area contributed by atoms with Crippen molar-refractivity contribution in [2.24, 2.45) is 28.3 Å². The molecule has 0 unspecified atom stereocenters. The van der Waals surface area contributed by atoms with Crippen LogP contribution < -0.4 is 16.8 Å². The number of rotatable bonds is 4. The number of nitrogens with one attached hydrogen (secondary N) is 1. The Morgan fingerprint density at radius 3 is 2.55 bits per heavy atom. The Labute approximate surface area is 127 Å². The molecule has 1 saturated carbocycles. The van der Waals surface area contributed by atoms with Gasteiger partial charge in [0.25, 0.3) is 0 Å². The van der Waals surface area contributed by atoms with Gasteiger partial charge in [0.05, 0.1) is 5.69 Å². The monoisotopic (exact) mass is 310 g/mol. The molecule has 0 saturated heterocycles. The van der Waals surface area contributed by atoms with Gasteiger partial charge in [-0.1, -0.05) is 0 Å². The first-order chi connectivity index (χ1) is 10.5. The maximum Gasteiger partial charge on any atom is 0.220 e. The number of primary amides is 1. The fourth-order valence-electron chi connectivity index (χ4n) is 2.63. The molecule has 0 aromatic heterocycles. The first-order valence-corrected chi connectivity index (χ1v) is 7.27. The number of nitrogens with two attached hydrogens (primary N) is 2. The number of hydrogen-bond donors (Lipinski definition) is 3. The lowest BCUT2D eigenvalue weighted by atomic mass is 9.82. The largest absolute Gasteiger partial charge is 0.370 e. The maximum atomic E-state index is 13.5. The van der Waals surface area contributed by atoms with Gasteiger partial charge in [-0.2, -0.15) is 0 Å². The van der Waals surface area contributed by atoms with Crippen molar-refractivity contribution in [1.82, 2.24) is 0 Å². The van der Waals surface area contributed by atoms with E-state index in [9.17, 15) is 13.6 Å². The molecule has 0 bridgehead atoms. The maximum absolute atomic E-state index is 13.5. The average molecular weight is 310 g/mol. The van der Waals surface area contributed by atoms with E-state index in [2.05, 4.69) is 10.3 Å². The second-order valence-corrected chi connectivity index (χ2v) is 5.60. The summed E-state index contributed by atoms with van der Waals surface area (Å²) in [7, 11) is 0. The molecule has 2 rings (SSSR count). The number of aliphatic imine (C=N–C) groups is 1. The van der Waals surface area contributed by atoms with Crippen LogP contribution in [0.5, 0.6) is 0 Å². The van der Waals surface area contributed by atoms with E-state index in [4.69, 9.17) is 11.5 Å². The topological polar surface area (TPSA) is 93.5 Å². The molecule has 1 fully saturated rings. The van der Waals surface area contributed by atoms with Gasteiger partial charge in [0.1, 0.15) is 11.6 Å². The standard InChI is InChI=1S/C15H20F2N4O/c16-11-5-6-12(17)13(7-11)21-15(19)20-8-9-1-3-10(4-2-9)14(18)22/h5-7,9-10H,1-4,8H2,(H2,18,22)(H3,19,20,21). The lowest BCUT2D eigenvalue weighted by molar-refractivity contribution is -0.122. The van der Waals surface area contributed by atoms with E-state index in [1.165, 1.54) is 0 Å². The summed E-state index contributed by atoms with van der Waals surface area (Å²) < 4.78 is 26.5. The van der Waals surface area contributed by atoms with Crippen molar-refractivity contribution in [3.63, 3.8) is 0 Å². The molecule has 0 aliphatic heterocycles. The highest BCUT2D eigenvalue weighted by Gasteiger charge is 2.24. The number of nitrogens with zero attached hydrogens (tertiary/aromatic N) is 1. The minimum absolute atomic E-state index is 0.0429. The molecule has 5 nitrogen and oxygen atoms in total. The highest BCUT2D eigenvalue weighted by atomic mass is 19.1. The molecule has 0 spiro atoms. The molecular formula is C15H20F2N4O. The molecular weight excluding hydrogens is 290 g/mol. The summed E-state index contributed by atoms with van der Waals surface area (Å²) in [6.45, 7) is 0.487. The van der Waals surface area contributed by atoms with Gasteiger partial charge >= 0.3 is 0 Å². The summed E-state index contributed by atoms with van der Waals surface area (Å²) in [4.78, 5) is 15.3. The number of carbonyl (C=O) groups is 1. The second-order valence-electron chi connectivity index (χ2n) is 5.60. The fraction of sp³-hybridized carbons (Fsp3) is 0.467. The van der Waals surface area contributed by atoms with Crippen LogP contribution in [-0.4, -0.2) is 18.4 Å². The lowest BCUT2D eigenvalue weighted by Gasteiger charge is -2.25. The van der Waals surface area contributed by atoms with Crippen molar-refractivity contribution in [3.8, 4) is 0 Å². The van der Waals surface area contributed by atoms with E-state index in [0.29, 0.717) is 12.5 Å². The van der Waals surface area contributed by atoms with E-state index in [1.807, 2.05) is 0 Å². The molecule has 0 radical (unpaired) electrons. The number of hydrogen-bond acceptors (Lipinski definition) is 2. The van der Waals surface area contributed by atoms with Gasteiger partial charge < -0.3 is 16.8 Å². The van der Waals surface area contributed by atoms with Crippen molar-refractivity contribution in [3.05, 3.63) is 29.8 Å². The number of anilines is 1. The molecule has 120 valence electrons. The van der Waals surface area contributed by atoms with Crippen LogP contribution in [0.1, 0.15) is 25.7 Å². The highest BCUT2D eigenvalue weighted by Crippen LogP contribution is 2.28. The summed E-state index contributed by atoms with van der Waals surface area (Å²) in [6, 6.07) is 3.08. The molecule has 1 aromatic rings. The van der Waals surface area contributed by atoms with Crippen molar-refractivity contribution in [2.45, 2.75) is 25.7 Å². The Kier molecular flexibility index (Phi) is 5.30. The minimum Gasteiger partial charge on any atom is -0.370 e. The third-order valence-corrected chi connectivity index (χ3v) is 3.96. The summed E-state index contributed by atoms with van der Waals surface area (Å²) in [5, 5.41) is 2.56. The SMILES string of the molecule is NC(=O)C1CCC(CN=C(N)Nc2cc(F)ccc2F)CC1. The molecule has 0 atom stereocenters. The van der Waals surface area contributed by atoms with Crippen LogP contribution in [0.2, 0.25) is 0 Å². The van der Waals surface area contributed by atoms with Gasteiger partial charge in [0.15, 0.2) is 5.96 Å². The van der Waals surface area contributed by atoms with Gasteiger partial charge in [-0.25, -0.2) is 8.78 Å². The first-order valence-electron chi connectivity index (χ1n) is 7.27. The van der Waals surface area contributed by atoms with Gasteiger partial charge in [-0.3, -0.25) is 9.79 Å². The highest BCUT2D eigenvalue weighted by molar-refractivity contribution is 5.92. The van der Waals surface area contributed by atoms with Gasteiger partial charge in [-0.05, 0) is 43.7 Å². The molecule has 1 aliphatic rings. The van der Waals surface area contributed by atoms with Crippen LogP contribution in [0, 0.1) is 23.5 Å². The Hall–Kier alpha value is -2.18. The molecule has 7 heteroatoms. The van der Waals surface area contributed by atoms with E-state index in [1.54, 1.807) is 0 Å². The molecule has 5 N–H and O–H groups in total. The molecule has 1 amide bonds. The van der Waals surface area contributed by atoms with Crippen LogP contribution in [0.25, 0.3) is 0 Å². The van der Waals surface area contributed by atoms with E-state index >= 15 is 0 Å². The molecule has 0 heterocycles. The van der Waals surface area contributed by atoms with E-state index in [-0.39, 0.29) is 23.5 Å². The smallest absolute Gasteiger partial charge is 0.220 e. The Bertz CT molecular complexity index is 569. The number of carbonyl (C=O) groups excluding carboxylic acids is 1. The quantitative estimate of drug-likeness (QED) is 0.586. The summed E-state index contributed by atoms with van der Waals surface area (Å²) in [5.74, 6) is -1.07. The van der Waals surface area contributed by atoms with E-state index in [0.717, 1.165) is 43.9 Å². The van der Waals surface area contributed by atoms with Crippen LogP contribution in [-0.2, 0) is 4.79 Å². The third-order valence-electron chi connectivity index (χ3n) is 3.96. The predicted molar refractivity (Wildman–Crippen MR) is 81.1 cm³/mol. The van der Waals surface area contributed by atoms with E-state index < -0.39 is 11.6 Å². The molecule has 1 aromatic carbocycles. The average Bonchev–Trinajstić information content (AvgIpc) is 2.49. The fourth-order valence-corrected chi connectivity index (χ4v) is 2.63. The molecule has 22 heavy (non-hydrogen) atoms. The zero-order valence-corrected chi connectivity index (χ0v) is 12.2. The molecule has 1 aliphatic carbocycles. The Morgan fingerprint density at radius 1 is 1.23 bits per heavy atom. The van der Waals surface area contributed by atoms with Crippen LogP contribution in [0.4, 0.5) is 14.5 Å². The lowest BCUT2D eigenvalue weighted by Crippen LogP contribution is -2.29. The van der Waals surface area contributed by atoms with Crippen molar-refractivity contribution >= 4 is 17.6 Å². The summed E-state index contributed by atoms with van der Waals surface area (Å²) in [5.41, 5.74) is 10.9. The van der Waals surface area contributed by atoms with Gasteiger partial charge in [-0.15, -0.1) is 0 Å². The Balaban J connectivity index is 1.86. The van der Waals surface area contributed by atoms with Gasteiger partial charge in [0, 0.05) is 18.5 Å². The van der Waals surface area contributed by atoms with Crippen LogP contribution in [0.3, 0.4) is 0 Å². The number of halogens is 2. The second kappa shape index (κ2) is 7.20.